The maximum absolute atomic E-state index is 13.4. The molecule has 0 radical (unpaired) electrons. The van der Waals surface area contributed by atoms with Crippen molar-refractivity contribution in [3.63, 3.8) is 0 Å². The third-order valence-corrected chi connectivity index (χ3v) is 5.79. The second kappa shape index (κ2) is 10.0. The number of carbonyl (C=O) groups excluding carboxylic acids is 2. The summed E-state index contributed by atoms with van der Waals surface area (Å²) in [5, 5.41) is 0.817. The van der Waals surface area contributed by atoms with Crippen LogP contribution in [0, 0.1) is 5.92 Å². The minimum Gasteiger partial charge on any atom is -0.497 e. The highest BCUT2D eigenvalue weighted by Gasteiger charge is 2.40. The van der Waals surface area contributed by atoms with Crippen LogP contribution in [-0.4, -0.2) is 36.7 Å². The van der Waals surface area contributed by atoms with E-state index in [1.165, 1.54) is 12.0 Å². The lowest BCUT2D eigenvalue weighted by molar-refractivity contribution is -0.133. The van der Waals surface area contributed by atoms with E-state index in [4.69, 9.17) is 32.7 Å². The Balaban J connectivity index is 1.83. The SMILES string of the molecule is C=CCC(Cc1c(Cl)cc(OC)cc1Cl)C(=O)N1C(=O)OCC1Cc1ccccc1. The Kier molecular flexibility index (Phi) is 7.40. The number of ether oxygens (including phenoxy) is 2. The van der Waals surface area contributed by atoms with Gasteiger partial charge in [-0.15, -0.1) is 6.58 Å². The van der Waals surface area contributed by atoms with Gasteiger partial charge in [-0.3, -0.25) is 4.79 Å². The summed E-state index contributed by atoms with van der Waals surface area (Å²) >= 11 is 12.8. The van der Waals surface area contributed by atoms with Crippen LogP contribution < -0.4 is 4.74 Å². The maximum atomic E-state index is 13.4. The molecule has 1 saturated heterocycles. The number of hydrogen-bond donors (Lipinski definition) is 0. The smallest absolute Gasteiger partial charge is 0.416 e. The van der Waals surface area contributed by atoms with E-state index in [2.05, 4.69) is 6.58 Å². The number of halogens is 2. The van der Waals surface area contributed by atoms with E-state index in [1.54, 1.807) is 18.2 Å². The Morgan fingerprint density at radius 3 is 2.57 bits per heavy atom. The van der Waals surface area contributed by atoms with Gasteiger partial charge in [-0.2, -0.15) is 0 Å². The van der Waals surface area contributed by atoms with E-state index in [9.17, 15) is 9.59 Å². The maximum Gasteiger partial charge on any atom is 0.416 e. The van der Waals surface area contributed by atoms with Gasteiger partial charge in [-0.25, -0.2) is 9.69 Å². The van der Waals surface area contributed by atoms with Crippen LogP contribution in [-0.2, 0) is 22.4 Å². The molecule has 2 atom stereocenters. The molecule has 3 rings (SSSR count). The van der Waals surface area contributed by atoms with Crippen molar-refractivity contribution >= 4 is 35.2 Å². The fourth-order valence-corrected chi connectivity index (χ4v) is 4.20. The highest BCUT2D eigenvalue weighted by Crippen LogP contribution is 2.33. The van der Waals surface area contributed by atoms with E-state index in [1.807, 2.05) is 30.3 Å². The Morgan fingerprint density at radius 1 is 1.30 bits per heavy atom. The number of imide groups is 1. The number of methoxy groups -OCH3 is 1. The first-order chi connectivity index (χ1) is 14.4. The van der Waals surface area contributed by atoms with E-state index < -0.39 is 12.0 Å². The normalized spacial score (nSPS) is 16.8. The molecule has 5 nitrogen and oxygen atoms in total. The Morgan fingerprint density at radius 2 is 1.97 bits per heavy atom. The number of benzene rings is 2. The third kappa shape index (κ3) is 4.97. The van der Waals surface area contributed by atoms with Crippen molar-refractivity contribution in [3.8, 4) is 5.75 Å². The Labute approximate surface area is 186 Å². The van der Waals surface area contributed by atoms with Crippen LogP contribution in [0.4, 0.5) is 4.79 Å². The fraction of sp³-hybridized carbons (Fsp3) is 0.304. The molecule has 0 aromatic heterocycles. The number of cyclic esters (lactones) is 1. The van der Waals surface area contributed by atoms with Gasteiger partial charge in [-0.1, -0.05) is 59.6 Å². The number of hydrogen-bond acceptors (Lipinski definition) is 4. The lowest BCUT2D eigenvalue weighted by Crippen LogP contribution is -2.44. The minimum absolute atomic E-state index is 0.171. The monoisotopic (exact) mass is 447 g/mol. The molecule has 0 spiro atoms. The molecule has 0 saturated carbocycles. The number of allylic oxidation sites excluding steroid dienone is 1. The largest absolute Gasteiger partial charge is 0.497 e. The zero-order valence-electron chi connectivity index (χ0n) is 16.6. The summed E-state index contributed by atoms with van der Waals surface area (Å²) < 4.78 is 10.4. The Hall–Kier alpha value is -2.50. The molecule has 0 N–H and O–H groups in total. The zero-order valence-corrected chi connectivity index (χ0v) is 18.2. The molecular weight excluding hydrogens is 425 g/mol. The lowest BCUT2D eigenvalue weighted by atomic mass is 9.93. The molecule has 0 aliphatic carbocycles. The van der Waals surface area contributed by atoms with Crippen LogP contribution in [0.5, 0.6) is 5.75 Å². The molecule has 30 heavy (non-hydrogen) atoms. The third-order valence-electron chi connectivity index (χ3n) is 5.11. The summed E-state index contributed by atoms with van der Waals surface area (Å²) in [5.74, 6) is -0.331. The second-order valence-electron chi connectivity index (χ2n) is 7.12. The highest BCUT2D eigenvalue weighted by atomic mass is 35.5. The van der Waals surface area contributed by atoms with Crippen molar-refractivity contribution in [2.45, 2.75) is 25.3 Å². The average Bonchev–Trinajstić information content (AvgIpc) is 3.09. The van der Waals surface area contributed by atoms with Gasteiger partial charge in [0.15, 0.2) is 0 Å². The van der Waals surface area contributed by atoms with Crippen LogP contribution in [0.25, 0.3) is 0 Å². The van der Waals surface area contributed by atoms with E-state index in [0.717, 1.165) is 5.56 Å². The number of rotatable bonds is 8. The first kappa shape index (κ1) is 22.2. The van der Waals surface area contributed by atoms with Crippen molar-refractivity contribution in [1.29, 1.82) is 0 Å². The average molecular weight is 448 g/mol. The molecule has 7 heteroatoms. The molecule has 2 aromatic carbocycles. The predicted molar refractivity (Wildman–Crippen MR) is 117 cm³/mol. The molecule has 0 bridgehead atoms. The quantitative estimate of drug-likeness (QED) is 0.513. The first-order valence-corrected chi connectivity index (χ1v) is 10.4. The van der Waals surface area contributed by atoms with Gasteiger partial charge in [0.05, 0.1) is 13.2 Å². The van der Waals surface area contributed by atoms with Crippen LogP contribution in [0.1, 0.15) is 17.5 Å². The lowest BCUT2D eigenvalue weighted by Gasteiger charge is -2.25. The summed E-state index contributed by atoms with van der Waals surface area (Å²) in [5.41, 5.74) is 1.66. The molecule has 1 fully saturated rings. The van der Waals surface area contributed by atoms with Gasteiger partial charge >= 0.3 is 6.09 Å². The van der Waals surface area contributed by atoms with Crippen molar-refractivity contribution in [2.75, 3.05) is 13.7 Å². The van der Waals surface area contributed by atoms with Crippen molar-refractivity contribution < 1.29 is 19.1 Å². The summed E-state index contributed by atoms with van der Waals surface area (Å²) in [6.45, 7) is 3.93. The molecule has 158 valence electrons. The van der Waals surface area contributed by atoms with Gasteiger partial charge < -0.3 is 9.47 Å². The van der Waals surface area contributed by atoms with Crippen LogP contribution >= 0.6 is 23.2 Å². The second-order valence-corrected chi connectivity index (χ2v) is 7.94. The van der Waals surface area contributed by atoms with Crippen molar-refractivity contribution in [1.82, 2.24) is 4.90 Å². The van der Waals surface area contributed by atoms with E-state index in [0.29, 0.717) is 34.2 Å². The molecular formula is C23H23Cl2NO4. The molecule has 1 aliphatic heterocycles. The number of carbonyl (C=O) groups is 2. The first-order valence-electron chi connectivity index (χ1n) is 9.61. The Bertz CT molecular complexity index is 909. The van der Waals surface area contributed by atoms with Crippen molar-refractivity contribution in [2.24, 2.45) is 5.92 Å². The predicted octanol–water partition coefficient (Wildman–Crippen LogP) is 5.33. The van der Waals surface area contributed by atoms with Gasteiger partial charge in [0.1, 0.15) is 12.4 Å². The molecule has 2 amide bonds. The number of amides is 2. The highest BCUT2D eigenvalue weighted by molar-refractivity contribution is 6.36. The molecule has 2 unspecified atom stereocenters. The van der Waals surface area contributed by atoms with Gasteiger partial charge in [-0.05, 0) is 42.5 Å². The van der Waals surface area contributed by atoms with Crippen LogP contribution in [0.15, 0.2) is 55.1 Å². The topological polar surface area (TPSA) is 55.8 Å². The fourth-order valence-electron chi connectivity index (χ4n) is 3.58. The van der Waals surface area contributed by atoms with Crippen molar-refractivity contribution in [3.05, 3.63) is 76.3 Å². The number of nitrogens with zero attached hydrogens (tertiary/aromatic N) is 1. The summed E-state index contributed by atoms with van der Waals surface area (Å²) in [7, 11) is 1.53. The minimum atomic E-state index is -0.623. The molecule has 1 heterocycles. The standard InChI is InChI=1S/C23H23Cl2NO4/c1-3-7-16(11-19-20(24)12-18(29-2)13-21(19)25)22(27)26-17(14-30-23(26)28)10-15-8-5-4-6-9-15/h3-6,8-9,12-13,16-17H,1,7,10-11,14H2,2H3. The van der Waals surface area contributed by atoms with Gasteiger partial charge in [0.25, 0.3) is 0 Å². The van der Waals surface area contributed by atoms with Gasteiger partial charge in [0.2, 0.25) is 5.91 Å². The van der Waals surface area contributed by atoms with Gasteiger partial charge in [0, 0.05) is 16.0 Å². The summed E-state index contributed by atoms with van der Waals surface area (Å²) in [4.78, 5) is 27.0. The summed E-state index contributed by atoms with van der Waals surface area (Å²) in [6.07, 6.45) is 2.21. The summed E-state index contributed by atoms with van der Waals surface area (Å²) in [6, 6.07) is 12.6. The van der Waals surface area contributed by atoms with E-state index in [-0.39, 0.29) is 25.0 Å². The van der Waals surface area contributed by atoms with E-state index >= 15 is 0 Å². The zero-order chi connectivity index (χ0) is 21.7. The van der Waals surface area contributed by atoms with Crippen LogP contribution in [0.3, 0.4) is 0 Å². The molecule has 1 aliphatic rings. The van der Waals surface area contributed by atoms with Crippen LogP contribution in [0.2, 0.25) is 10.0 Å². The molecule has 2 aromatic rings.